The van der Waals surface area contributed by atoms with E-state index in [1.54, 1.807) is 12.1 Å². The van der Waals surface area contributed by atoms with Crippen molar-refractivity contribution in [3.8, 4) is 0 Å². The zero-order valence-corrected chi connectivity index (χ0v) is 8.42. The van der Waals surface area contributed by atoms with Crippen LogP contribution in [0.15, 0.2) is 36.6 Å². The molecule has 1 aromatic carbocycles. The summed E-state index contributed by atoms with van der Waals surface area (Å²) in [6.07, 6.45) is 3.70. The highest BCUT2D eigenvalue weighted by molar-refractivity contribution is 5.75. The van der Waals surface area contributed by atoms with E-state index in [4.69, 9.17) is 10.1 Å². The average molecular weight is 218 g/mol. The van der Waals surface area contributed by atoms with Gasteiger partial charge >= 0.3 is 0 Å². The van der Waals surface area contributed by atoms with E-state index in [0.29, 0.717) is 6.42 Å². The largest absolute Gasteiger partial charge is 0.452 e. The van der Waals surface area contributed by atoms with Crippen molar-refractivity contribution >= 4 is 11.6 Å². The lowest BCUT2D eigenvalue weighted by molar-refractivity contribution is -0.384. The summed E-state index contributed by atoms with van der Waals surface area (Å²) in [6.45, 7) is 0. The molecule has 0 radical (unpaired) electrons. The predicted molar refractivity (Wildman–Crippen MR) is 58.4 cm³/mol. The molecule has 0 bridgehead atoms. The fourth-order valence-electron chi connectivity index (χ4n) is 1.63. The number of nitrogens with one attached hydrogen (secondary N) is 1. The summed E-state index contributed by atoms with van der Waals surface area (Å²) in [5.74, 6) is 0.167. The normalized spacial score (nSPS) is 19.2. The van der Waals surface area contributed by atoms with Gasteiger partial charge in [0.25, 0.3) is 5.69 Å². The summed E-state index contributed by atoms with van der Waals surface area (Å²) in [6, 6.07) is 6.46. The molecule has 82 valence electrons. The summed E-state index contributed by atoms with van der Waals surface area (Å²) >= 11 is 0. The molecule has 5 nitrogen and oxygen atoms in total. The molecule has 0 fully saturated rings. The van der Waals surface area contributed by atoms with Crippen LogP contribution in [0, 0.1) is 15.5 Å². The molecular formula is C11H10N2O3. The molecule has 1 aliphatic heterocycles. The smallest absolute Gasteiger partial charge is 0.269 e. The van der Waals surface area contributed by atoms with E-state index in [0.717, 1.165) is 5.56 Å². The van der Waals surface area contributed by atoms with E-state index >= 15 is 0 Å². The first-order chi connectivity index (χ1) is 7.66. The first-order valence-electron chi connectivity index (χ1n) is 4.82. The molecule has 0 amide bonds. The molecule has 0 saturated carbocycles. The monoisotopic (exact) mass is 218 g/mol. The minimum atomic E-state index is -0.419. The Morgan fingerprint density at radius 2 is 2.31 bits per heavy atom. The van der Waals surface area contributed by atoms with Crippen LogP contribution in [0.25, 0.3) is 0 Å². The molecule has 1 N–H and O–H groups in total. The number of benzene rings is 1. The van der Waals surface area contributed by atoms with Crippen molar-refractivity contribution < 1.29 is 9.66 Å². The molecule has 1 aromatic rings. The van der Waals surface area contributed by atoms with Gasteiger partial charge in [0.05, 0.1) is 11.2 Å². The zero-order chi connectivity index (χ0) is 11.5. The molecule has 1 heterocycles. The van der Waals surface area contributed by atoms with E-state index in [9.17, 15) is 10.1 Å². The van der Waals surface area contributed by atoms with Crippen molar-refractivity contribution in [3.63, 3.8) is 0 Å². The number of non-ortho nitro benzene ring substituents is 1. The second-order valence-electron chi connectivity index (χ2n) is 3.53. The van der Waals surface area contributed by atoms with Crippen LogP contribution in [0.3, 0.4) is 0 Å². The Kier molecular flexibility index (Phi) is 2.68. The molecule has 0 saturated heterocycles. The lowest BCUT2D eigenvalue weighted by atomic mass is 9.94. The highest BCUT2D eigenvalue weighted by Gasteiger charge is 2.17. The Hall–Kier alpha value is -2.17. The van der Waals surface area contributed by atoms with Gasteiger partial charge in [-0.05, 0) is 11.6 Å². The molecular weight excluding hydrogens is 208 g/mol. The van der Waals surface area contributed by atoms with Gasteiger partial charge in [-0.15, -0.1) is 0 Å². The maximum atomic E-state index is 10.6. The summed E-state index contributed by atoms with van der Waals surface area (Å²) in [7, 11) is 0. The van der Waals surface area contributed by atoms with Crippen LogP contribution in [0.1, 0.15) is 17.9 Å². The van der Waals surface area contributed by atoms with Gasteiger partial charge in [-0.3, -0.25) is 15.5 Å². The number of hydrogen-bond donors (Lipinski definition) is 1. The van der Waals surface area contributed by atoms with Gasteiger partial charge in [0.15, 0.2) is 5.90 Å². The number of ether oxygens (including phenoxy) is 1. The fourth-order valence-corrected chi connectivity index (χ4v) is 1.63. The van der Waals surface area contributed by atoms with Crippen molar-refractivity contribution in [3.05, 3.63) is 52.3 Å². The van der Waals surface area contributed by atoms with Gasteiger partial charge < -0.3 is 4.74 Å². The van der Waals surface area contributed by atoms with Crippen LogP contribution in [0.2, 0.25) is 0 Å². The lowest BCUT2D eigenvalue weighted by Crippen LogP contribution is -2.10. The van der Waals surface area contributed by atoms with Crippen LogP contribution < -0.4 is 0 Å². The zero-order valence-electron chi connectivity index (χ0n) is 8.42. The number of nitro groups is 1. The van der Waals surface area contributed by atoms with Crippen LogP contribution in [0.5, 0.6) is 0 Å². The predicted octanol–water partition coefficient (Wildman–Crippen LogP) is 2.59. The van der Waals surface area contributed by atoms with Crippen molar-refractivity contribution in [2.45, 2.75) is 12.3 Å². The Balaban J connectivity index is 2.30. The molecule has 1 unspecified atom stereocenters. The minimum absolute atomic E-state index is 0.0128. The van der Waals surface area contributed by atoms with E-state index in [2.05, 4.69) is 0 Å². The maximum absolute atomic E-state index is 10.6. The molecule has 0 spiro atoms. The van der Waals surface area contributed by atoms with Gasteiger partial charge in [-0.1, -0.05) is 12.1 Å². The molecule has 1 atom stereocenters. The highest BCUT2D eigenvalue weighted by Crippen LogP contribution is 2.27. The first-order valence-corrected chi connectivity index (χ1v) is 4.82. The number of allylic oxidation sites excluding steroid dienone is 1. The topological polar surface area (TPSA) is 76.2 Å². The third-order valence-corrected chi connectivity index (χ3v) is 2.44. The Bertz CT molecular complexity index is 468. The number of hydrogen-bond acceptors (Lipinski definition) is 4. The molecule has 1 aliphatic rings. The second kappa shape index (κ2) is 4.14. The van der Waals surface area contributed by atoms with Crippen molar-refractivity contribution in [1.82, 2.24) is 0 Å². The van der Waals surface area contributed by atoms with E-state index in [-0.39, 0.29) is 17.5 Å². The highest BCUT2D eigenvalue weighted by atomic mass is 16.6. The van der Waals surface area contributed by atoms with Crippen molar-refractivity contribution in [2.75, 3.05) is 0 Å². The number of nitrogens with zero attached hydrogens (tertiary/aromatic N) is 1. The van der Waals surface area contributed by atoms with Crippen LogP contribution in [-0.2, 0) is 4.74 Å². The summed E-state index contributed by atoms with van der Waals surface area (Å²) in [5.41, 5.74) is 0.905. The third kappa shape index (κ3) is 2.08. The van der Waals surface area contributed by atoms with E-state index in [1.165, 1.54) is 18.4 Å². The van der Waals surface area contributed by atoms with Gasteiger partial charge in [0.1, 0.15) is 0 Å². The molecule has 0 aromatic heterocycles. The molecule has 2 rings (SSSR count). The third-order valence-electron chi connectivity index (χ3n) is 2.44. The van der Waals surface area contributed by atoms with Gasteiger partial charge in [-0.2, -0.15) is 0 Å². The molecule has 0 aliphatic carbocycles. The average Bonchev–Trinajstić information content (AvgIpc) is 2.29. The summed E-state index contributed by atoms with van der Waals surface area (Å²) < 4.78 is 4.88. The standard InChI is InChI=1S/C11H10N2O3/c12-11-7-9(4-5-16-11)8-2-1-3-10(6-8)13(14)15/h1-6,9,12H,7H2. The van der Waals surface area contributed by atoms with E-state index in [1.807, 2.05) is 6.07 Å². The Labute approximate surface area is 92.0 Å². The summed E-state index contributed by atoms with van der Waals surface area (Å²) in [5, 5.41) is 18.0. The van der Waals surface area contributed by atoms with Gasteiger partial charge in [0.2, 0.25) is 0 Å². The quantitative estimate of drug-likeness (QED) is 0.612. The van der Waals surface area contributed by atoms with Crippen LogP contribution in [0.4, 0.5) is 5.69 Å². The summed E-state index contributed by atoms with van der Waals surface area (Å²) in [4.78, 5) is 10.2. The SMILES string of the molecule is N=C1CC(c2cccc([N+](=O)[O-])c2)C=CO1. The minimum Gasteiger partial charge on any atom is -0.452 e. The van der Waals surface area contributed by atoms with Crippen molar-refractivity contribution in [2.24, 2.45) is 0 Å². The Morgan fingerprint density at radius 3 is 3.00 bits per heavy atom. The number of rotatable bonds is 2. The lowest BCUT2D eigenvalue weighted by Gasteiger charge is -2.17. The molecule has 16 heavy (non-hydrogen) atoms. The van der Waals surface area contributed by atoms with E-state index < -0.39 is 4.92 Å². The maximum Gasteiger partial charge on any atom is 0.269 e. The molecule has 5 heteroatoms. The fraction of sp³-hybridized carbons (Fsp3) is 0.182. The second-order valence-corrected chi connectivity index (χ2v) is 3.53. The van der Waals surface area contributed by atoms with Crippen molar-refractivity contribution in [1.29, 1.82) is 5.41 Å². The van der Waals surface area contributed by atoms with Crippen LogP contribution in [-0.4, -0.2) is 10.8 Å². The van der Waals surface area contributed by atoms with Crippen LogP contribution >= 0.6 is 0 Å². The van der Waals surface area contributed by atoms with Gasteiger partial charge in [0, 0.05) is 24.5 Å². The number of nitro benzene ring substituents is 1. The Morgan fingerprint density at radius 1 is 1.50 bits per heavy atom. The van der Waals surface area contributed by atoms with Gasteiger partial charge in [-0.25, -0.2) is 0 Å². The first kappa shape index (κ1) is 10.4.